The summed E-state index contributed by atoms with van der Waals surface area (Å²) in [6.07, 6.45) is 0. The van der Waals surface area contributed by atoms with E-state index in [1.54, 1.807) is 26.0 Å². The predicted molar refractivity (Wildman–Crippen MR) is 46.1 cm³/mol. The van der Waals surface area contributed by atoms with Gasteiger partial charge in [-0.3, -0.25) is 0 Å². The van der Waals surface area contributed by atoms with Gasteiger partial charge in [0.15, 0.2) is 0 Å². The molecule has 0 aliphatic rings. The van der Waals surface area contributed by atoms with Gasteiger partial charge >= 0.3 is 0 Å². The highest BCUT2D eigenvalue weighted by atomic mass is 32.2. The molecule has 0 bridgehead atoms. The summed E-state index contributed by atoms with van der Waals surface area (Å²) in [6.45, 7) is 1.03. The second-order valence-electron chi connectivity index (χ2n) is 1.30. The summed E-state index contributed by atoms with van der Waals surface area (Å²) in [5.74, 6) is 0.782. The van der Waals surface area contributed by atoms with Crippen molar-refractivity contribution >= 4 is 30.2 Å². The van der Waals surface area contributed by atoms with E-state index in [0.29, 0.717) is 0 Å². The molecule has 0 saturated carbocycles. The largest absolute Gasteiger partial charge is 0.374 e. The second kappa shape index (κ2) is 8.68. The van der Waals surface area contributed by atoms with Gasteiger partial charge in [0.05, 0.1) is 5.94 Å². The third-order valence-corrected chi connectivity index (χ3v) is 2.39. The van der Waals surface area contributed by atoms with Gasteiger partial charge in [-0.1, -0.05) is 11.9 Å². The van der Waals surface area contributed by atoms with E-state index in [1.807, 2.05) is 0 Å². The van der Waals surface area contributed by atoms with Crippen LogP contribution in [0.3, 0.4) is 0 Å². The van der Waals surface area contributed by atoms with E-state index in [0.717, 1.165) is 18.1 Å². The van der Waals surface area contributed by atoms with Crippen LogP contribution in [-0.2, 0) is 8.92 Å². The van der Waals surface area contributed by atoms with Gasteiger partial charge in [-0.2, -0.15) is 0 Å². The highest BCUT2D eigenvalue weighted by molar-refractivity contribution is 8.21. The van der Waals surface area contributed by atoms with E-state index < -0.39 is 0 Å². The van der Waals surface area contributed by atoms with Crippen molar-refractivity contribution in [1.29, 1.82) is 0 Å². The van der Waals surface area contributed by atoms with E-state index in [9.17, 15) is 0 Å². The molecule has 0 amide bonds. The van der Waals surface area contributed by atoms with Crippen LogP contribution in [0.4, 0.5) is 0 Å². The number of thioether (sulfide) groups is 1. The number of methoxy groups -OCH3 is 1. The van der Waals surface area contributed by atoms with E-state index in [2.05, 4.69) is 0 Å². The van der Waals surface area contributed by atoms with Crippen LogP contribution < -0.4 is 0 Å². The van der Waals surface area contributed by atoms with Gasteiger partial charge in [-0.25, -0.2) is 0 Å². The van der Waals surface area contributed by atoms with Crippen LogP contribution in [-0.4, -0.2) is 32.4 Å². The van der Waals surface area contributed by atoms with Gasteiger partial charge < -0.3 is 8.92 Å². The van der Waals surface area contributed by atoms with Crippen molar-refractivity contribution in [3.05, 3.63) is 0 Å². The Hall–Kier alpha value is 0.685. The molecule has 0 saturated heterocycles. The molecule has 0 fully saturated rings. The Morgan fingerprint density at radius 2 is 2.22 bits per heavy atom. The maximum Gasteiger partial charge on any atom is 0.238 e. The molecule has 5 heteroatoms. The summed E-state index contributed by atoms with van der Waals surface area (Å²) < 4.78 is 9.62. The van der Waals surface area contributed by atoms with Crippen LogP contribution in [0, 0.1) is 0 Å². The molecule has 9 heavy (non-hydrogen) atoms. The molecule has 0 aliphatic heterocycles. The molecule has 0 aliphatic carbocycles. The van der Waals surface area contributed by atoms with Crippen LogP contribution in [0.1, 0.15) is 0 Å². The quantitative estimate of drug-likeness (QED) is 0.253. The first-order valence-corrected chi connectivity index (χ1v) is 4.70. The van der Waals surface area contributed by atoms with Crippen LogP contribution in [0.25, 0.3) is 0 Å². The molecule has 0 unspecified atom stereocenters. The minimum absolute atomic E-state index is 0.782. The Labute approximate surface area is 65.4 Å². The minimum Gasteiger partial charge on any atom is -0.374 e. The van der Waals surface area contributed by atoms with Crippen LogP contribution in [0.2, 0.25) is 0 Å². The zero-order valence-corrected chi connectivity index (χ0v) is 7.39. The summed E-state index contributed by atoms with van der Waals surface area (Å²) in [5, 5.41) is 0. The molecule has 0 aromatic rings. The van der Waals surface area contributed by atoms with Crippen LogP contribution in [0.5, 0.6) is 0 Å². The molecule has 0 rings (SSSR count). The van der Waals surface area contributed by atoms with Crippen molar-refractivity contribution in [1.82, 2.24) is 0 Å². The summed E-state index contributed by atoms with van der Waals surface area (Å²) in [7, 11) is 3.39. The van der Waals surface area contributed by atoms with E-state index >= 15 is 0 Å². The highest BCUT2D eigenvalue weighted by Gasteiger charge is 1.90. The molecule has 0 radical (unpaired) electrons. The van der Waals surface area contributed by atoms with Gasteiger partial charge in [-0.05, 0) is 5.65 Å². The molecule has 0 N–H and O–H groups in total. The SMILES string of the molecule is COCSCBSOC. The lowest BCUT2D eigenvalue weighted by molar-refractivity contribution is 0.259. The zero-order chi connectivity index (χ0) is 6.95. The summed E-state index contributed by atoms with van der Waals surface area (Å²) in [4.78, 5) is 0. The number of hydrogen-bond donors (Lipinski definition) is 0. The Morgan fingerprint density at radius 1 is 1.44 bits per heavy atom. The highest BCUT2D eigenvalue weighted by Crippen LogP contribution is 2.03. The van der Waals surface area contributed by atoms with Gasteiger partial charge in [-0.15, -0.1) is 11.8 Å². The standard InChI is InChI=1S/C4H11BO2S2/c1-6-4-8-3-5-9-7-2/h5H,3-4H2,1-2H3. The summed E-state index contributed by atoms with van der Waals surface area (Å²) in [5.41, 5.74) is 1.09. The number of ether oxygens (including phenoxy) is 1. The average Bonchev–Trinajstić information content (AvgIpc) is 1.89. The molecule has 0 spiro atoms. The molecule has 54 valence electrons. The van der Waals surface area contributed by atoms with E-state index in [1.165, 1.54) is 11.9 Å². The topological polar surface area (TPSA) is 18.5 Å². The first-order valence-electron chi connectivity index (χ1n) is 2.64. The van der Waals surface area contributed by atoms with Crippen molar-refractivity contribution in [3.8, 4) is 0 Å². The van der Waals surface area contributed by atoms with Crippen molar-refractivity contribution in [3.63, 3.8) is 0 Å². The Bertz CT molecular complexity index is 49.8. The third kappa shape index (κ3) is 8.68. The number of hydrogen-bond acceptors (Lipinski definition) is 4. The minimum atomic E-state index is 0.782. The van der Waals surface area contributed by atoms with Gasteiger partial charge in [0.2, 0.25) is 6.56 Å². The van der Waals surface area contributed by atoms with Crippen molar-refractivity contribution in [2.75, 3.05) is 25.8 Å². The smallest absolute Gasteiger partial charge is 0.238 e. The number of rotatable bonds is 6. The Morgan fingerprint density at radius 3 is 2.78 bits per heavy atom. The van der Waals surface area contributed by atoms with E-state index in [-0.39, 0.29) is 0 Å². The lowest BCUT2D eigenvalue weighted by atomic mass is 10.2. The van der Waals surface area contributed by atoms with Crippen molar-refractivity contribution in [2.45, 2.75) is 0 Å². The van der Waals surface area contributed by atoms with Crippen LogP contribution >= 0.6 is 23.7 Å². The first-order chi connectivity index (χ1) is 4.41. The molecule has 0 aromatic heterocycles. The third-order valence-electron chi connectivity index (χ3n) is 0.630. The summed E-state index contributed by atoms with van der Waals surface area (Å²) >= 11 is 3.25. The fraction of sp³-hybridized carbons (Fsp3) is 1.00. The Balaban J connectivity index is 2.60. The zero-order valence-electron chi connectivity index (χ0n) is 5.75. The monoisotopic (exact) mass is 166 g/mol. The van der Waals surface area contributed by atoms with E-state index in [4.69, 9.17) is 8.92 Å². The first kappa shape index (κ1) is 9.68. The molecule has 0 atom stereocenters. The maximum absolute atomic E-state index is 4.83. The maximum atomic E-state index is 4.83. The van der Waals surface area contributed by atoms with Crippen molar-refractivity contribution in [2.24, 2.45) is 0 Å². The molecular weight excluding hydrogens is 155 g/mol. The Kier molecular flexibility index (Phi) is 9.35. The average molecular weight is 166 g/mol. The molecule has 0 aromatic carbocycles. The van der Waals surface area contributed by atoms with Gasteiger partial charge in [0.25, 0.3) is 0 Å². The van der Waals surface area contributed by atoms with Gasteiger partial charge in [0.1, 0.15) is 0 Å². The molecular formula is C4H11BO2S2. The molecule has 0 heterocycles. The summed E-state index contributed by atoms with van der Waals surface area (Å²) in [6, 6.07) is 0. The normalized spacial score (nSPS) is 9.56. The lowest BCUT2D eigenvalue weighted by Gasteiger charge is -1.95. The van der Waals surface area contributed by atoms with Crippen molar-refractivity contribution < 1.29 is 8.92 Å². The fourth-order valence-corrected chi connectivity index (χ4v) is 1.51. The fourth-order valence-electron chi connectivity index (χ4n) is 0.319. The lowest BCUT2D eigenvalue weighted by Crippen LogP contribution is -1.91. The van der Waals surface area contributed by atoms with Crippen LogP contribution in [0.15, 0.2) is 0 Å². The predicted octanol–water partition coefficient (Wildman–Crippen LogP) is 0.927. The molecule has 2 nitrogen and oxygen atoms in total. The second-order valence-corrected chi connectivity index (χ2v) is 3.33. The van der Waals surface area contributed by atoms with Gasteiger partial charge in [0, 0.05) is 14.2 Å².